The van der Waals surface area contributed by atoms with Crippen molar-refractivity contribution in [1.82, 2.24) is 4.98 Å². The molecular formula is C12H11FN2O. The second-order valence-corrected chi connectivity index (χ2v) is 3.21. The van der Waals surface area contributed by atoms with Crippen molar-refractivity contribution in [1.29, 1.82) is 0 Å². The van der Waals surface area contributed by atoms with Gasteiger partial charge in [0, 0.05) is 11.8 Å². The van der Waals surface area contributed by atoms with E-state index in [-0.39, 0.29) is 5.88 Å². The van der Waals surface area contributed by atoms with Crippen molar-refractivity contribution in [2.45, 2.75) is 0 Å². The molecule has 3 nitrogen and oxygen atoms in total. The second-order valence-electron chi connectivity index (χ2n) is 3.21. The van der Waals surface area contributed by atoms with E-state index >= 15 is 0 Å². The first-order valence-electron chi connectivity index (χ1n) is 4.81. The highest BCUT2D eigenvalue weighted by atomic mass is 19.1. The summed E-state index contributed by atoms with van der Waals surface area (Å²) in [4.78, 5) is 3.83. The molecule has 0 spiro atoms. The van der Waals surface area contributed by atoms with Crippen LogP contribution in [0.1, 0.15) is 0 Å². The molecule has 0 aliphatic heterocycles. The Kier molecular flexibility index (Phi) is 3.00. The molecule has 1 aromatic carbocycles. The minimum atomic E-state index is -0.483. The standard InChI is InChI=1S/C12H11FN2O/c1-16-12-11(13)7-10(8-14-12)15-9-5-3-2-4-6-9/h2-8,15H,1H3. The molecule has 1 N–H and O–H groups in total. The van der Waals surface area contributed by atoms with Gasteiger partial charge >= 0.3 is 0 Å². The van der Waals surface area contributed by atoms with Crippen molar-refractivity contribution in [2.24, 2.45) is 0 Å². The van der Waals surface area contributed by atoms with Gasteiger partial charge in [-0.15, -0.1) is 0 Å². The van der Waals surface area contributed by atoms with Gasteiger partial charge in [-0.3, -0.25) is 0 Å². The van der Waals surface area contributed by atoms with Crippen LogP contribution >= 0.6 is 0 Å². The smallest absolute Gasteiger partial charge is 0.250 e. The van der Waals surface area contributed by atoms with Gasteiger partial charge in [-0.1, -0.05) is 18.2 Å². The lowest BCUT2D eigenvalue weighted by atomic mass is 10.3. The third-order valence-electron chi connectivity index (χ3n) is 2.06. The monoisotopic (exact) mass is 218 g/mol. The molecule has 4 heteroatoms. The van der Waals surface area contributed by atoms with E-state index < -0.39 is 5.82 Å². The van der Waals surface area contributed by atoms with Gasteiger partial charge in [0.25, 0.3) is 0 Å². The van der Waals surface area contributed by atoms with E-state index in [9.17, 15) is 4.39 Å². The molecule has 2 aromatic rings. The first-order valence-corrected chi connectivity index (χ1v) is 4.81. The maximum absolute atomic E-state index is 13.3. The van der Waals surface area contributed by atoms with Crippen molar-refractivity contribution in [2.75, 3.05) is 12.4 Å². The Morgan fingerprint density at radius 1 is 1.19 bits per heavy atom. The molecule has 0 atom stereocenters. The van der Waals surface area contributed by atoms with Crippen LogP contribution in [0, 0.1) is 5.82 Å². The Hall–Kier alpha value is -2.10. The first kappa shape index (κ1) is 10.4. The van der Waals surface area contributed by atoms with E-state index in [4.69, 9.17) is 4.74 Å². The molecule has 82 valence electrons. The van der Waals surface area contributed by atoms with Crippen molar-refractivity contribution in [3.8, 4) is 5.88 Å². The van der Waals surface area contributed by atoms with E-state index in [0.717, 1.165) is 5.69 Å². The summed E-state index contributed by atoms with van der Waals surface area (Å²) in [6.45, 7) is 0. The summed E-state index contributed by atoms with van der Waals surface area (Å²) < 4.78 is 18.1. The Morgan fingerprint density at radius 3 is 2.56 bits per heavy atom. The van der Waals surface area contributed by atoms with Gasteiger partial charge in [-0.25, -0.2) is 9.37 Å². The van der Waals surface area contributed by atoms with Crippen molar-refractivity contribution >= 4 is 11.4 Å². The average molecular weight is 218 g/mol. The number of pyridine rings is 1. The molecule has 0 saturated heterocycles. The molecule has 0 fully saturated rings. The largest absolute Gasteiger partial charge is 0.479 e. The van der Waals surface area contributed by atoms with Crippen LogP contribution in [0.2, 0.25) is 0 Å². The number of hydrogen-bond donors (Lipinski definition) is 1. The normalized spacial score (nSPS) is 9.88. The zero-order valence-corrected chi connectivity index (χ0v) is 8.77. The summed E-state index contributed by atoms with van der Waals surface area (Å²) >= 11 is 0. The predicted octanol–water partition coefficient (Wildman–Crippen LogP) is 2.97. The minimum absolute atomic E-state index is 0.00129. The average Bonchev–Trinajstić information content (AvgIpc) is 2.31. The Labute approximate surface area is 92.9 Å². The van der Waals surface area contributed by atoms with Gasteiger partial charge < -0.3 is 10.1 Å². The Morgan fingerprint density at radius 2 is 1.94 bits per heavy atom. The minimum Gasteiger partial charge on any atom is -0.479 e. The zero-order valence-electron chi connectivity index (χ0n) is 8.77. The molecule has 0 amide bonds. The summed E-state index contributed by atoms with van der Waals surface area (Å²) in [5, 5.41) is 3.04. The number of hydrogen-bond acceptors (Lipinski definition) is 3. The van der Waals surface area contributed by atoms with Crippen molar-refractivity contribution in [3.63, 3.8) is 0 Å². The fourth-order valence-corrected chi connectivity index (χ4v) is 1.33. The predicted molar refractivity (Wildman–Crippen MR) is 60.5 cm³/mol. The number of rotatable bonds is 3. The number of aromatic nitrogens is 1. The number of ether oxygens (including phenoxy) is 1. The molecule has 16 heavy (non-hydrogen) atoms. The highest BCUT2D eigenvalue weighted by Crippen LogP contribution is 2.20. The fraction of sp³-hybridized carbons (Fsp3) is 0.0833. The summed E-state index contributed by atoms with van der Waals surface area (Å²) in [5.74, 6) is -0.484. The third-order valence-corrected chi connectivity index (χ3v) is 2.06. The lowest BCUT2D eigenvalue weighted by molar-refractivity contribution is 0.369. The van der Waals surface area contributed by atoms with Crippen LogP contribution in [-0.2, 0) is 0 Å². The quantitative estimate of drug-likeness (QED) is 0.859. The summed E-state index contributed by atoms with van der Waals surface area (Å²) in [7, 11) is 1.38. The highest BCUT2D eigenvalue weighted by molar-refractivity contribution is 5.58. The third kappa shape index (κ3) is 2.28. The molecule has 1 aromatic heterocycles. The van der Waals surface area contributed by atoms with Crippen LogP contribution in [0.3, 0.4) is 0 Å². The van der Waals surface area contributed by atoms with Crippen LogP contribution in [0.5, 0.6) is 5.88 Å². The van der Waals surface area contributed by atoms with Gasteiger partial charge in [-0.2, -0.15) is 0 Å². The molecule has 2 rings (SSSR count). The van der Waals surface area contributed by atoms with Crippen LogP contribution < -0.4 is 10.1 Å². The number of nitrogens with one attached hydrogen (secondary N) is 1. The SMILES string of the molecule is COc1ncc(Nc2ccccc2)cc1F. The Balaban J connectivity index is 2.20. The van der Waals surface area contributed by atoms with Gasteiger partial charge in [0.2, 0.25) is 5.88 Å². The topological polar surface area (TPSA) is 34.1 Å². The molecule has 0 aliphatic carbocycles. The fourth-order valence-electron chi connectivity index (χ4n) is 1.33. The molecule has 0 unspecified atom stereocenters. The van der Waals surface area contributed by atoms with Gasteiger partial charge in [0.15, 0.2) is 5.82 Å². The van der Waals surface area contributed by atoms with Crippen LogP contribution in [0.4, 0.5) is 15.8 Å². The molecule has 0 bridgehead atoms. The van der Waals surface area contributed by atoms with E-state index in [1.807, 2.05) is 30.3 Å². The van der Waals surface area contributed by atoms with E-state index in [2.05, 4.69) is 10.3 Å². The maximum atomic E-state index is 13.3. The first-order chi connectivity index (χ1) is 7.79. The van der Waals surface area contributed by atoms with E-state index in [1.165, 1.54) is 19.4 Å². The zero-order chi connectivity index (χ0) is 11.4. The van der Waals surface area contributed by atoms with Crippen molar-refractivity contribution < 1.29 is 9.13 Å². The number of methoxy groups -OCH3 is 1. The summed E-state index contributed by atoms with van der Waals surface area (Å²) in [6.07, 6.45) is 1.52. The van der Waals surface area contributed by atoms with Gasteiger partial charge in [0.05, 0.1) is 19.0 Å². The molecular weight excluding hydrogens is 207 g/mol. The number of halogens is 1. The van der Waals surface area contributed by atoms with E-state index in [0.29, 0.717) is 5.69 Å². The highest BCUT2D eigenvalue weighted by Gasteiger charge is 2.04. The second kappa shape index (κ2) is 4.61. The van der Waals surface area contributed by atoms with Gasteiger partial charge in [0.1, 0.15) is 0 Å². The summed E-state index contributed by atoms with van der Waals surface area (Å²) in [5.41, 5.74) is 1.47. The van der Waals surface area contributed by atoms with Crippen LogP contribution in [-0.4, -0.2) is 12.1 Å². The number of benzene rings is 1. The number of anilines is 2. The molecule has 0 aliphatic rings. The lowest BCUT2D eigenvalue weighted by Gasteiger charge is -2.07. The van der Waals surface area contributed by atoms with Crippen molar-refractivity contribution in [3.05, 3.63) is 48.4 Å². The number of nitrogens with zero attached hydrogens (tertiary/aromatic N) is 1. The van der Waals surface area contributed by atoms with Crippen LogP contribution in [0.15, 0.2) is 42.6 Å². The van der Waals surface area contributed by atoms with Gasteiger partial charge in [-0.05, 0) is 12.1 Å². The summed E-state index contributed by atoms with van der Waals surface area (Å²) in [6, 6.07) is 10.8. The maximum Gasteiger partial charge on any atom is 0.250 e. The van der Waals surface area contributed by atoms with Crippen LogP contribution in [0.25, 0.3) is 0 Å². The molecule has 0 saturated carbocycles. The molecule has 0 radical (unpaired) electrons. The Bertz CT molecular complexity index is 474. The lowest BCUT2D eigenvalue weighted by Crippen LogP contribution is -1.95. The van der Waals surface area contributed by atoms with E-state index in [1.54, 1.807) is 0 Å². The molecule has 1 heterocycles. The number of para-hydroxylation sites is 1.